The average Bonchev–Trinajstić information content (AvgIpc) is 0.918. The summed E-state index contributed by atoms with van der Waals surface area (Å²) in [6, 6.07) is 0. The van der Waals surface area contributed by atoms with Crippen LogP contribution in [0.4, 0.5) is 0 Å². The summed E-state index contributed by atoms with van der Waals surface area (Å²) < 4.78 is 0. The number of rotatable bonds is 0. The summed E-state index contributed by atoms with van der Waals surface area (Å²) in [7, 11) is 0. The molecule has 2 nitrogen and oxygen atoms in total. The fourth-order valence-electron chi connectivity index (χ4n) is 0. The van der Waals surface area contributed by atoms with Crippen molar-refractivity contribution in [3.05, 3.63) is 0 Å². The zero-order chi connectivity index (χ0) is 2.71. The van der Waals surface area contributed by atoms with E-state index in [0.717, 1.165) is 0 Å². The molecule has 0 fully saturated rings. The van der Waals surface area contributed by atoms with Crippen LogP contribution in [0.5, 0.6) is 0 Å². The molecule has 0 atom stereocenters. The second-order valence-corrected chi connectivity index (χ2v) is 0.254. The Labute approximate surface area is 60.0 Å². The molecule has 0 saturated heterocycles. The van der Waals surface area contributed by atoms with Gasteiger partial charge in [-0.2, -0.15) is 0 Å². The van der Waals surface area contributed by atoms with Crippen molar-refractivity contribution >= 4 is 11.8 Å². The van der Waals surface area contributed by atoms with E-state index in [0.29, 0.717) is 0 Å². The standard InChI is InChI=1S/ClH2NO.Tb/c1-2-3;/h2-3H;. The molecule has 0 unspecified atom stereocenters. The summed E-state index contributed by atoms with van der Waals surface area (Å²) >= 11 is 4.30. The second-order valence-electron chi connectivity index (χ2n) is 0.0845. The molecule has 0 rings (SSSR count). The molecule has 2 N–H and O–H groups in total. The first-order chi connectivity index (χ1) is 1.41. The molecule has 0 bridgehead atoms. The van der Waals surface area contributed by atoms with Gasteiger partial charge < -0.3 is 5.21 Å². The van der Waals surface area contributed by atoms with E-state index in [1.165, 1.54) is 5.00 Å². The minimum Gasteiger partial charge on any atom is -0.301 e. The number of halogens is 1. The molecule has 0 aromatic carbocycles. The maximum Gasteiger partial charge on any atom is 0.00268 e. The van der Waals surface area contributed by atoms with Gasteiger partial charge in [0.2, 0.25) is 0 Å². The summed E-state index contributed by atoms with van der Waals surface area (Å²) in [4.78, 5) is 1.22. The average molecular weight is 226 g/mol. The van der Waals surface area contributed by atoms with E-state index < -0.39 is 0 Å². The summed E-state index contributed by atoms with van der Waals surface area (Å²) in [5.74, 6) is 0. The Morgan fingerprint density at radius 2 is 1.75 bits per heavy atom. The van der Waals surface area contributed by atoms with Crippen LogP contribution in [-0.4, -0.2) is 5.21 Å². The molecule has 0 spiro atoms. The predicted octanol–water partition coefficient (Wildman–Crippen LogP) is 0.119. The van der Waals surface area contributed by atoms with E-state index >= 15 is 0 Å². The van der Waals surface area contributed by atoms with Crippen molar-refractivity contribution in [3.8, 4) is 0 Å². The van der Waals surface area contributed by atoms with Crippen LogP contribution in [0.25, 0.3) is 0 Å². The van der Waals surface area contributed by atoms with Gasteiger partial charge in [0.25, 0.3) is 0 Å². The van der Waals surface area contributed by atoms with Gasteiger partial charge in [-0.1, -0.05) is 0 Å². The van der Waals surface area contributed by atoms with Crippen LogP contribution in [0.1, 0.15) is 0 Å². The van der Waals surface area contributed by atoms with E-state index in [1.54, 1.807) is 0 Å². The first-order valence-corrected chi connectivity index (χ1v) is 0.791. The molecule has 0 aliphatic rings. The first-order valence-electron chi connectivity index (χ1n) is 0.413. The molecule has 4 heteroatoms. The van der Waals surface area contributed by atoms with Gasteiger partial charge in [-0.05, 0) is 0 Å². The Balaban J connectivity index is 0. The topological polar surface area (TPSA) is 32.3 Å². The smallest absolute Gasteiger partial charge is 0.00268 e. The molecular formula is H2ClNOTb. The summed E-state index contributed by atoms with van der Waals surface area (Å²) in [6.45, 7) is 0. The molecule has 0 heterocycles. The van der Waals surface area contributed by atoms with Crippen molar-refractivity contribution in [2.24, 2.45) is 0 Å². The van der Waals surface area contributed by atoms with E-state index in [2.05, 4.69) is 11.8 Å². The van der Waals surface area contributed by atoms with Gasteiger partial charge in [0.1, 0.15) is 0 Å². The molecule has 0 aliphatic heterocycles. The van der Waals surface area contributed by atoms with Crippen molar-refractivity contribution < 1.29 is 43.8 Å². The molecule has 29 valence electrons. The Kier molecular flexibility index (Phi) is 20.0. The SMILES string of the molecule is ONCl.[Tb]. The molecule has 0 aromatic heterocycles. The van der Waals surface area contributed by atoms with E-state index in [1.807, 2.05) is 0 Å². The van der Waals surface area contributed by atoms with Crippen molar-refractivity contribution in [1.82, 2.24) is 5.00 Å². The van der Waals surface area contributed by atoms with Gasteiger partial charge in [-0.3, -0.25) is 0 Å². The van der Waals surface area contributed by atoms with Crippen molar-refractivity contribution in [2.45, 2.75) is 0 Å². The minimum atomic E-state index is 0. The zero-order valence-corrected chi connectivity index (χ0v) is 4.55. The van der Waals surface area contributed by atoms with E-state index in [9.17, 15) is 0 Å². The number of hydrogen-bond donors (Lipinski definition) is 2. The van der Waals surface area contributed by atoms with Crippen LogP contribution in [0.15, 0.2) is 0 Å². The van der Waals surface area contributed by atoms with Gasteiger partial charge in [0.15, 0.2) is 0 Å². The summed E-state index contributed by atoms with van der Waals surface area (Å²) in [6.07, 6.45) is 0. The largest absolute Gasteiger partial charge is 0.301 e. The first kappa shape index (κ1) is 9.09. The van der Waals surface area contributed by atoms with Crippen molar-refractivity contribution in [3.63, 3.8) is 0 Å². The van der Waals surface area contributed by atoms with Gasteiger partial charge in [0, 0.05) is 50.4 Å². The third-order valence-electron chi connectivity index (χ3n) is 0. The number of hydrogen-bond acceptors (Lipinski definition) is 2. The zero-order valence-electron chi connectivity index (χ0n) is 1.66. The van der Waals surface area contributed by atoms with Crippen LogP contribution in [0.2, 0.25) is 0 Å². The summed E-state index contributed by atoms with van der Waals surface area (Å²) in [5.41, 5.74) is 0. The van der Waals surface area contributed by atoms with Gasteiger partial charge >= 0.3 is 0 Å². The normalized spacial score (nSPS) is 4.50. The van der Waals surface area contributed by atoms with Crippen LogP contribution < -0.4 is 5.00 Å². The summed E-state index contributed by atoms with van der Waals surface area (Å²) in [5, 5.41) is 7.08. The molecular weight excluding hydrogens is 224 g/mol. The van der Waals surface area contributed by atoms with Gasteiger partial charge in [-0.15, -0.1) is 5.00 Å². The fourth-order valence-corrected chi connectivity index (χ4v) is 0. The minimum absolute atomic E-state index is 0. The third kappa shape index (κ3) is 9.73. The monoisotopic (exact) mass is 226 g/mol. The molecule has 0 aliphatic carbocycles. The van der Waals surface area contributed by atoms with Crippen LogP contribution >= 0.6 is 11.8 Å². The van der Waals surface area contributed by atoms with Crippen molar-refractivity contribution in [1.29, 1.82) is 0 Å². The van der Waals surface area contributed by atoms with Gasteiger partial charge in [0.05, 0.1) is 0 Å². The van der Waals surface area contributed by atoms with E-state index in [-0.39, 0.29) is 38.6 Å². The Bertz CT molecular complexity index is 8.00. The molecule has 4 heavy (non-hydrogen) atoms. The molecule has 1 radical (unpaired) electrons. The molecule has 0 saturated carbocycles. The second kappa shape index (κ2) is 8.82. The predicted molar refractivity (Wildman–Crippen MR) is 10.8 cm³/mol. The van der Waals surface area contributed by atoms with Crippen molar-refractivity contribution in [2.75, 3.05) is 0 Å². The third-order valence-corrected chi connectivity index (χ3v) is 0. The maximum absolute atomic E-state index is 7.08. The Hall–Kier alpha value is 1.50. The maximum atomic E-state index is 7.08. The quantitative estimate of drug-likeness (QED) is 0.454. The van der Waals surface area contributed by atoms with Crippen LogP contribution in [-0.2, 0) is 0 Å². The fraction of sp³-hybridized carbons (Fsp3) is 0. The molecule has 0 aromatic rings. The van der Waals surface area contributed by atoms with Gasteiger partial charge in [-0.25, -0.2) is 0 Å². The Morgan fingerprint density at radius 3 is 1.75 bits per heavy atom. The van der Waals surface area contributed by atoms with Crippen LogP contribution in [0, 0.1) is 38.6 Å². The molecule has 0 amide bonds. The van der Waals surface area contributed by atoms with Crippen LogP contribution in [0.3, 0.4) is 0 Å². The van der Waals surface area contributed by atoms with E-state index in [4.69, 9.17) is 5.21 Å². The number of nitrogens with one attached hydrogen (secondary N) is 1. The Morgan fingerprint density at radius 1 is 1.75 bits per heavy atom.